The highest BCUT2D eigenvalue weighted by atomic mass is 35.5. The lowest BCUT2D eigenvalue weighted by atomic mass is 9.82. The normalized spacial score (nSPS) is 14.9. The molecule has 2 N–H and O–H groups in total. The lowest BCUT2D eigenvalue weighted by Gasteiger charge is -2.29. The molecule has 6 nitrogen and oxygen atoms in total. The number of halogens is 1. The predicted molar refractivity (Wildman–Crippen MR) is 156 cm³/mol. The van der Waals surface area contributed by atoms with Gasteiger partial charge in [0.25, 0.3) is 0 Å². The molecular weight excluding hydrogens is 530 g/mol. The summed E-state index contributed by atoms with van der Waals surface area (Å²) < 4.78 is 5.66. The summed E-state index contributed by atoms with van der Waals surface area (Å²) in [5.74, 6) is -1.32. The molecule has 0 bridgehead atoms. The highest BCUT2D eigenvalue weighted by Crippen LogP contribution is 2.41. The molecule has 39 heavy (non-hydrogen) atoms. The Morgan fingerprint density at radius 3 is 2.41 bits per heavy atom. The summed E-state index contributed by atoms with van der Waals surface area (Å²) >= 11 is 7.34. The molecule has 198 valence electrons. The smallest absolute Gasteiger partial charge is 0.337 e. The van der Waals surface area contributed by atoms with E-state index in [1.165, 1.54) is 11.8 Å². The zero-order chi connectivity index (χ0) is 27.9. The molecule has 1 atom stereocenters. The lowest BCUT2D eigenvalue weighted by molar-refractivity contribution is -0.140. The van der Waals surface area contributed by atoms with E-state index in [-0.39, 0.29) is 18.3 Å². The fourth-order valence-corrected chi connectivity index (χ4v) is 5.26. The molecule has 8 heteroatoms. The van der Waals surface area contributed by atoms with Crippen molar-refractivity contribution < 1.29 is 14.3 Å². The lowest BCUT2D eigenvalue weighted by Crippen LogP contribution is -2.29. The number of ether oxygens (including phenoxy) is 1. The summed E-state index contributed by atoms with van der Waals surface area (Å²) in [7, 11) is 0. The van der Waals surface area contributed by atoms with E-state index < -0.39 is 11.9 Å². The first-order valence-electron chi connectivity index (χ1n) is 12.3. The summed E-state index contributed by atoms with van der Waals surface area (Å²) in [5.41, 5.74) is 5.76. The van der Waals surface area contributed by atoms with E-state index in [1.807, 2.05) is 62.4 Å². The van der Waals surface area contributed by atoms with Gasteiger partial charge in [0.15, 0.2) is 0 Å². The molecule has 1 aliphatic rings. The van der Waals surface area contributed by atoms with Gasteiger partial charge in [-0.3, -0.25) is 4.79 Å². The van der Waals surface area contributed by atoms with E-state index in [9.17, 15) is 14.9 Å². The summed E-state index contributed by atoms with van der Waals surface area (Å²) in [5, 5.41) is 17.4. The molecule has 0 unspecified atom stereocenters. The van der Waals surface area contributed by atoms with Gasteiger partial charge in [-0.1, -0.05) is 71.9 Å². The molecule has 3 aromatic carbocycles. The van der Waals surface area contributed by atoms with E-state index in [1.54, 1.807) is 31.2 Å². The molecule has 0 saturated carbocycles. The van der Waals surface area contributed by atoms with Crippen molar-refractivity contribution in [2.75, 3.05) is 11.1 Å². The summed E-state index contributed by atoms with van der Waals surface area (Å²) in [6.07, 6.45) is 0. The van der Waals surface area contributed by atoms with Crippen LogP contribution >= 0.6 is 23.4 Å². The quantitative estimate of drug-likeness (QED) is 0.297. The predicted octanol–water partition coefficient (Wildman–Crippen LogP) is 6.77. The van der Waals surface area contributed by atoms with Crippen LogP contribution in [0.2, 0.25) is 5.02 Å². The van der Waals surface area contributed by atoms with Crippen molar-refractivity contribution in [1.29, 1.82) is 5.26 Å². The van der Waals surface area contributed by atoms with E-state index in [4.69, 9.17) is 16.3 Å². The minimum absolute atomic E-state index is 0.0782. The Balaban J connectivity index is 1.58. The van der Waals surface area contributed by atoms with Gasteiger partial charge < -0.3 is 15.4 Å². The number of thioether (sulfide) groups is 1. The van der Waals surface area contributed by atoms with Crippen molar-refractivity contribution in [2.24, 2.45) is 0 Å². The number of nitrogens with one attached hydrogen (secondary N) is 2. The highest BCUT2D eigenvalue weighted by Gasteiger charge is 2.35. The van der Waals surface area contributed by atoms with Gasteiger partial charge in [0.2, 0.25) is 5.91 Å². The third-order valence-electron chi connectivity index (χ3n) is 6.42. The van der Waals surface area contributed by atoms with Crippen molar-refractivity contribution in [3.05, 3.63) is 122 Å². The first-order chi connectivity index (χ1) is 18.8. The second kappa shape index (κ2) is 12.7. The van der Waals surface area contributed by atoms with Crippen LogP contribution in [-0.4, -0.2) is 17.6 Å². The second-order valence-corrected chi connectivity index (χ2v) is 10.6. The number of carbonyl (C=O) groups is 2. The number of nitriles is 1. The fraction of sp³-hybridized carbons (Fsp3) is 0.194. The number of nitrogens with zero attached hydrogens (tertiary/aromatic N) is 1. The van der Waals surface area contributed by atoms with Crippen molar-refractivity contribution >= 4 is 40.9 Å². The van der Waals surface area contributed by atoms with E-state index in [0.717, 1.165) is 22.3 Å². The molecule has 0 saturated heterocycles. The summed E-state index contributed by atoms with van der Waals surface area (Å²) in [4.78, 5) is 26.1. The Hall–Kier alpha value is -3.99. The number of carbonyl (C=O) groups excluding carboxylic acids is 2. The minimum atomic E-state index is -0.679. The zero-order valence-corrected chi connectivity index (χ0v) is 23.5. The molecule has 4 rings (SSSR count). The number of aryl methyl sites for hydroxylation is 2. The number of dihydropyridines is 1. The number of hydrogen-bond acceptors (Lipinski definition) is 6. The van der Waals surface area contributed by atoms with Crippen LogP contribution in [-0.2, 0) is 20.9 Å². The molecule has 0 spiro atoms. The number of anilines is 1. The van der Waals surface area contributed by atoms with Crippen molar-refractivity contribution in [3.8, 4) is 6.07 Å². The molecule has 1 heterocycles. The van der Waals surface area contributed by atoms with Gasteiger partial charge in [0, 0.05) is 16.4 Å². The largest absolute Gasteiger partial charge is 0.457 e. The number of rotatable bonds is 8. The van der Waals surface area contributed by atoms with Crippen molar-refractivity contribution in [2.45, 2.75) is 33.3 Å². The standard InChI is InChI=1S/C31H28ClN3O3S/c1-19-9-14-25(15-20(19)2)35-27(36)18-39-30-26(16-33)29(23-10-12-24(32)13-11-23)28(21(3)34-30)31(37)38-17-22-7-5-4-6-8-22/h4-15,29,34H,17-18H2,1-3H3,(H,35,36)/t29-/m0/s1. The molecule has 0 aliphatic carbocycles. The van der Waals surface area contributed by atoms with Gasteiger partial charge in [-0.05, 0) is 67.3 Å². The van der Waals surface area contributed by atoms with Gasteiger partial charge in [-0.2, -0.15) is 5.26 Å². The Kier molecular flexibility index (Phi) is 9.13. The van der Waals surface area contributed by atoms with Gasteiger partial charge >= 0.3 is 5.97 Å². The number of amides is 1. The molecule has 0 aromatic heterocycles. The molecular formula is C31H28ClN3O3S. The Labute approximate surface area is 237 Å². The number of esters is 1. The van der Waals surface area contributed by atoms with Crippen LogP contribution in [0.25, 0.3) is 0 Å². The van der Waals surface area contributed by atoms with Gasteiger partial charge in [0.05, 0.1) is 33.9 Å². The number of allylic oxidation sites excluding steroid dienone is 2. The number of benzene rings is 3. The van der Waals surface area contributed by atoms with Gasteiger partial charge in [-0.25, -0.2) is 4.79 Å². The van der Waals surface area contributed by atoms with Crippen molar-refractivity contribution in [3.63, 3.8) is 0 Å². The van der Waals surface area contributed by atoms with Gasteiger partial charge in [0.1, 0.15) is 6.61 Å². The maximum atomic E-state index is 13.4. The van der Waals surface area contributed by atoms with Crippen LogP contribution in [0.4, 0.5) is 5.69 Å². The molecule has 1 aliphatic heterocycles. The Morgan fingerprint density at radius 1 is 1.03 bits per heavy atom. The zero-order valence-electron chi connectivity index (χ0n) is 21.9. The maximum absolute atomic E-state index is 13.4. The third-order valence-corrected chi connectivity index (χ3v) is 7.69. The van der Waals surface area contributed by atoms with Crippen LogP contribution < -0.4 is 10.6 Å². The SMILES string of the molecule is CC1=C(C(=O)OCc2ccccc2)[C@@H](c2ccc(Cl)cc2)C(C#N)=C(SCC(=O)Nc2ccc(C)c(C)c2)N1. The van der Waals surface area contributed by atoms with E-state index in [0.29, 0.717) is 32.6 Å². The highest BCUT2D eigenvalue weighted by molar-refractivity contribution is 8.03. The number of hydrogen-bond donors (Lipinski definition) is 2. The molecule has 0 fully saturated rings. The van der Waals surface area contributed by atoms with Crippen LogP contribution in [0.1, 0.15) is 35.1 Å². The van der Waals surface area contributed by atoms with Crippen LogP contribution in [0, 0.1) is 25.2 Å². The minimum Gasteiger partial charge on any atom is -0.457 e. The average Bonchev–Trinajstić information content (AvgIpc) is 2.93. The molecule has 0 radical (unpaired) electrons. The average molecular weight is 558 g/mol. The molecule has 3 aromatic rings. The fourth-order valence-electron chi connectivity index (χ4n) is 4.24. The van der Waals surface area contributed by atoms with Crippen LogP contribution in [0.3, 0.4) is 0 Å². The third kappa shape index (κ3) is 6.91. The Bertz CT molecular complexity index is 1490. The van der Waals surface area contributed by atoms with Crippen molar-refractivity contribution in [1.82, 2.24) is 5.32 Å². The first kappa shape index (κ1) is 28.0. The second-order valence-electron chi connectivity index (χ2n) is 9.20. The first-order valence-corrected chi connectivity index (χ1v) is 13.7. The summed E-state index contributed by atoms with van der Waals surface area (Å²) in [6.45, 7) is 5.88. The van der Waals surface area contributed by atoms with Gasteiger partial charge in [-0.15, -0.1) is 0 Å². The molecule has 1 amide bonds. The monoisotopic (exact) mass is 557 g/mol. The Morgan fingerprint density at radius 2 is 1.74 bits per heavy atom. The van der Waals surface area contributed by atoms with E-state index >= 15 is 0 Å². The van der Waals surface area contributed by atoms with Crippen LogP contribution in [0.15, 0.2) is 94.7 Å². The van der Waals surface area contributed by atoms with E-state index in [2.05, 4.69) is 16.7 Å². The topological polar surface area (TPSA) is 91.2 Å². The maximum Gasteiger partial charge on any atom is 0.337 e. The summed E-state index contributed by atoms with van der Waals surface area (Å²) in [6, 6.07) is 24.5. The van der Waals surface area contributed by atoms with Crippen LogP contribution in [0.5, 0.6) is 0 Å².